The third kappa shape index (κ3) is 12.5. The number of hydrogen-bond acceptors (Lipinski definition) is 8. The number of amides is 4. The van der Waals surface area contributed by atoms with Gasteiger partial charge in [-0.1, -0.05) is 93.6 Å². The molecule has 278 valence electrons. The van der Waals surface area contributed by atoms with Crippen LogP contribution in [0.4, 0.5) is 4.79 Å². The summed E-state index contributed by atoms with van der Waals surface area (Å²) >= 11 is 0. The Labute approximate surface area is 304 Å². The zero-order chi connectivity index (χ0) is 37.5. The number of fused-ring (bicyclic) bond motifs is 1. The summed E-state index contributed by atoms with van der Waals surface area (Å²) in [5.74, 6) is -1.53. The number of aromatic amines is 1. The number of rotatable bonds is 19. The van der Waals surface area contributed by atoms with Gasteiger partial charge in [0.15, 0.2) is 0 Å². The van der Waals surface area contributed by atoms with Crippen molar-refractivity contribution in [3.05, 3.63) is 102 Å². The van der Waals surface area contributed by atoms with Gasteiger partial charge in [0.2, 0.25) is 17.7 Å². The highest BCUT2D eigenvalue weighted by atomic mass is 16.5. The fourth-order valence-corrected chi connectivity index (χ4v) is 5.70. The number of imidazole rings is 1. The van der Waals surface area contributed by atoms with E-state index in [0.717, 1.165) is 28.3 Å². The van der Waals surface area contributed by atoms with Gasteiger partial charge in [0.05, 0.1) is 24.9 Å². The Bertz CT molecular complexity index is 1730. The third-order valence-corrected chi connectivity index (χ3v) is 8.72. The monoisotopic (exact) mass is 713 g/mol. The van der Waals surface area contributed by atoms with Crippen LogP contribution in [0.25, 0.3) is 10.8 Å². The molecule has 4 amide bonds. The van der Waals surface area contributed by atoms with E-state index < -0.39 is 48.0 Å². The highest BCUT2D eigenvalue weighted by Gasteiger charge is 2.32. The molecular formula is C39H51N7O6. The van der Waals surface area contributed by atoms with Crippen LogP contribution in [0.15, 0.2) is 85.3 Å². The number of H-pyrrole nitrogens is 1. The van der Waals surface area contributed by atoms with Gasteiger partial charge in [0.1, 0.15) is 18.7 Å². The summed E-state index contributed by atoms with van der Waals surface area (Å²) in [7, 11) is 0. The van der Waals surface area contributed by atoms with E-state index in [2.05, 4.69) is 36.8 Å². The van der Waals surface area contributed by atoms with E-state index >= 15 is 0 Å². The topological polar surface area (TPSA) is 187 Å². The molecule has 0 bridgehead atoms. The van der Waals surface area contributed by atoms with E-state index in [1.807, 2.05) is 100 Å². The zero-order valence-corrected chi connectivity index (χ0v) is 30.2. The standard InChI is InChI=1S/C39H51N7O6/c1-5-26(4)45-46-36(48)21-35(47)32(18-25(2)3)42-38(50)34(20-30-22-40-24-41-30)43-37(49)33(44-39(51)52-23-27-12-7-6-8-13-27)19-29-16-11-15-28-14-9-10-17-31(28)29/h6-17,22,24-26,32-35,45,47H,5,18-21,23H2,1-4H3,(H,40,41)(H,42,50)(H,43,49)(H,44,51)(H,46,48)/t26?,32-,33-,34-,35-/m0/s1. The summed E-state index contributed by atoms with van der Waals surface area (Å²) in [6.07, 6.45) is 2.11. The quantitative estimate of drug-likeness (QED) is 0.0715. The van der Waals surface area contributed by atoms with Gasteiger partial charge in [-0.05, 0) is 47.6 Å². The molecule has 0 radical (unpaired) electrons. The molecule has 1 unspecified atom stereocenters. The Morgan fingerprint density at radius 3 is 2.25 bits per heavy atom. The minimum absolute atomic E-state index is 0.00537. The largest absolute Gasteiger partial charge is 0.445 e. The van der Waals surface area contributed by atoms with Crippen LogP contribution in [0, 0.1) is 5.92 Å². The fraction of sp³-hybridized carbons (Fsp3) is 0.410. The molecule has 1 aromatic heterocycles. The minimum Gasteiger partial charge on any atom is -0.445 e. The number of ether oxygens (including phenoxy) is 1. The van der Waals surface area contributed by atoms with E-state index in [0.29, 0.717) is 12.1 Å². The van der Waals surface area contributed by atoms with E-state index in [1.165, 1.54) is 6.33 Å². The maximum absolute atomic E-state index is 14.1. The summed E-state index contributed by atoms with van der Waals surface area (Å²) in [4.78, 5) is 60.8. The summed E-state index contributed by atoms with van der Waals surface area (Å²) in [5, 5.41) is 21.5. The average Bonchev–Trinajstić information content (AvgIpc) is 3.65. The molecule has 0 fully saturated rings. The molecular weight excluding hydrogens is 662 g/mol. The maximum Gasteiger partial charge on any atom is 0.408 e. The van der Waals surface area contributed by atoms with Crippen LogP contribution in [0.5, 0.6) is 0 Å². The lowest BCUT2D eigenvalue weighted by atomic mass is 9.96. The number of alkyl carbamates (subject to hydrolysis) is 1. The summed E-state index contributed by atoms with van der Waals surface area (Å²) in [5.41, 5.74) is 7.68. The van der Waals surface area contributed by atoms with Gasteiger partial charge in [-0.3, -0.25) is 19.8 Å². The van der Waals surface area contributed by atoms with Gasteiger partial charge >= 0.3 is 6.09 Å². The van der Waals surface area contributed by atoms with Crippen molar-refractivity contribution in [1.82, 2.24) is 36.8 Å². The van der Waals surface area contributed by atoms with Crippen molar-refractivity contribution in [2.75, 3.05) is 0 Å². The van der Waals surface area contributed by atoms with Crippen LogP contribution in [0.2, 0.25) is 0 Å². The van der Waals surface area contributed by atoms with Gasteiger partial charge < -0.3 is 30.8 Å². The van der Waals surface area contributed by atoms with Crippen LogP contribution in [0.1, 0.15) is 63.8 Å². The minimum atomic E-state index is -1.20. The molecule has 4 aromatic rings. The van der Waals surface area contributed by atoms with Crippen molar-refractivity contribution in [3.8, 4) is 0 Å². The number of nitrogens with one attached hydrogen (secondary N) is 6. The highest BCUT2D eigenvalue weighted by Crippen LogP contribution is 2.20. The molecule has 0 aliphatic carbocycles. The fourth-order valence-electron chi connectivity index (χ4n) is 5.70. The summed E-state index contributed by atoms with van der Waals surface area (Å²) < 4.78 is 5.47. The number of aromatic nitrogens is 2. The maximum atomic E-state index is 14.1. The molecule has 0 saturated carbocycles. The van der Waals surface area contributed by atoms with Gasteiger partial charge in [0, 0.05) is 30.8 Å². The van der Waals surface area contributed by atoms with E-state index in [9.17, 15) is 24.3 Å². The smallest absolute Gasteiger partial charge is 0.408 e. The Morgan fingerprint density at radius 1 is 0.846 bits per heavy atom. The van der Waals surface area contributed by atoms with Crippen LogP contribution < -0.4 is 26.8 Å². The van der Waals surface area contributed by atoms with Gasteiger partial charge in [-0.15, -0.1) is 0 Å². The van der Waals surface area contributed by atoms with E-state index in [1.54, 1.807) is 6.20 Å². The molecule has 4 rings (SSSR count). The molecule has 0 aliphatic heterocycles. The third-order valence-electron chi connectivity index (χ3n) is 8.72. The molecule has 13 nitrogen and oxygen atoms in total. The number of aliphatic hydroxyl groups is 1. The summed E-state index contributed by atoms with van der Waals surface area (Å²) in [6, 6.07) is 19.7. The molecule has 7 N–H and O–H groups in total. The lowest BCUT2D eigenvalue weighted by molar-refractivity contribution is -0.131. The molecule has 1 heterocycles. The van der Waals surface area contributed by atoms with Gasteiger partial charge in [0.25, 0.3) is 0 Å². The number of aliphatic hydroxyl groups excluding tert-OH is 1. The normalized spacial score (nSPS) is 14.1. The van der Waals surface area contributed by atoms with Crippen molar-refractivity contribution < 1.29 is 29.0 Å². The number of carbonyl (C=O) groups excluding carboxylic acids is 4. The number of nitrogens with zero attached hydrogens (tertiary/aromatic N) is 1. The van der Waals surface area contributed by atoms with Crippen LogP contribution >= 0.6 is 0 Å². The van der Waals surface area contributed by atoms with E-state index in [4.69, 9.17) is 4.74 Å². The number of benzene rings is 3. The molecule has 0 saturated heterocycles. The Morgan fingerprint density at radius 2 is 1.54 bits per heavy atom. The molecule has 5 atom stereocenters. The van der Waals surface area contributed by atoms with Gasteiger partial charge in [-0.2, -0.15) is 0 Å². The first-order valence-corrected chi connectivity index (χ1v) is 17.8. The second kappa shape index (κ2) is 19.9. The first kappa shape index (κ1) is 39.5. The van der Waals surface area contributed by atoms with Gasteiger partial charge in [-0.25, -0.2) is 15.2 Å². The predicted molar refractivity (Wildman–Crippen MR) is 198 cm³/mol. The van der Waals surface area contributed by atoms with Crippen molar-refractivity contribution in [2.45, 2.75) is 96.7 Å². The SMILES string of the molecule is CCC(C)NNC(=O)C[C@H](O)[C@H](CC(C)C)NC(=O)[C@H](Cc1cnc[nH]1)NC(=O)[C@H](Cc1cccc2ccccc12)NC(=O)OCc1ccccc1. The van der Waals surface area contributed by atoms with Crippen molar-refractivity contribution in [1.29, 1.82) is 0 Å². The van der Waals surface area contributed by atoms with Crippen LogP contribution in [-0.4, -0.2) is 69.2 Å². The second-order valence-electron chi connectivity index (χ2n) is 13.5. The summed E-state index contributed by atoms with van der Waals surface area (Å²) in [6.45, 7) is 7.79. The lowest BCUT2D eigenvalue weighted by Gasteiger charge is -2.29. The molecule has 0 aliphatic rings. The zero-order valence-electron chi connectivity index (χ0n) is 30.2. The number of carbonyl (C=O) groups is 4. The van der Waals surface area contributed by atoms with Crippen molar-refractivity contribution >= 4 is 34.6 Å². The first-order chi connectivity index (χ1) is 25.0. The Balaban J connectivity index is 1.54. The number of hydrazine groups is 1. The van der Waals surface area contributed by atoms with E-state index in [-0.39, 0.29) is 37.8 Å². The molecule has 3 aromatic carbocycles. The first-order valence-electron chi connectivity index (χ1n) is 17.8. The average molecular weight is 714 g/mol. The Hall–Kier alpha value is -5.27. The van der Waals surface area contributed by atoms with Crippen molar-refractivity contribution in [3.63, 3.8) is 0 Å². The molecule has 0 spiro atoms. The number of hydrogen-bond donors (Lipinski definition) is 7. The Kier molecular flexibility index (Phi) is 15.2. The molecule has 52 heavy (non-hydrogen) atoms. The van der Waals surface area contributed by atoms with Crippen LogP contribution in [0.3, 0.4) is 0 Å². The predicted octanol–water partition coefficient (Wildman–Crippen LogP) is 3.83. The second-order valence-corrected chi connectivity index (χ2v) is 13.5. The lowest BCUT2D eigenvalue weighted by Crippen LogP contribution is -2.57. The highest BCUT2D eigenvalue weighted by molar-refractivity contribution is 5.93. The van der Waals surface area contributed by atoms with Crippen molar-refractivity contribution in [2.24, 2.45) is 5.92 Å². The van der Waals surface area contributed by atoms with Crippen LogP contribution in [-0.2, 0) is 38.6 Å². The molecule has 13 heteroatoms.